The Kier molecular flexibility index (Phi) is 7.26. The van der Waals surface area contributed by atoms with Crippen LogP contribution in [0.25, 0.3) is 21.5 Å². The molecule has 3 rings (SSSR count). The zero-order chi connectivity index (χ0) is 21.7. The summed E-state index contributed by atoms with van der Waals surface area (Å²) in [7, 11) is 0. The Labute approximate surface area is 179 Å². The van der Waals surface area contributed by atoms with Crippen molar-refractivity contribution in [2.24, 2.45) is 0 Å². The first-order chi connectivity index (χ1) is 14.4. The molecule has 0 aliphatic rings. The number of nitrogens with zero attached hydrogens (tertiary/aromatic N) is 1. The van der Waals surface area contributed by atoms with Gasteiger partial charge in [0, 0.05) is 17.1 Å². The number of aryl methyl sites for hydroxylation is 2. The van der Waals surface area contributed by atoms with E-state index in [1.807, 2.05) is 18.4 Å². The second kappa shape index (κ2) is 9.89. The number of aromatic nitrogens is 1. The summed E-state index contributed by atoms with van der Waals surface area (Å²) >= 11 is 1.42. The number of rotatable bonds is 9. The molecule has 2 heterocycles. The minimum Gasteiger partial charge on any atom is -0.479 e. The zero-order valence-corrected chi connectivity index (χ0v) is 18.6. The molecule has 0 aliphatic carbocycles. The summed E-state index contributed by atoms with van der Waals surface area (Å²) in [5.74, 6) is 0.119. The maximum absolute atomic E-state index is 13.1. The lowest BCUT2D eigenvalue weighted by Crippen LogP contribution is -2.26. The highest BCUT2D eigenvalue weighted by atomic mass is 32.1. The molecule has 0 radical (unpaired) electrons. The quantitative estimate of drug-likeness (QED) is 0.340. The predicted octanol–water partition coefficient (Wildman–Crippen LogP) is 5.29. The molecule has 160 valence electrons. The number of carbonyl (C=O) groups is 1. The normalized spacial score (nSPS) is 12.1. The van der Waals surface area contributed by atoms with Crippen molar-refractivity contribution in [1.29, 1.82) is 0 Å². The summed E-state index contributed by atoms with van der Waals surface area (Å²) in [5.41, 5.74) is 2.50. The molecule has 1 atom stereocenters. The molecule has 1 aromatic carbocycles. The second-order valence-corrected chi connectivity index (χ2v) is 8.06. The van der Waals surface area contributed by atoms with Gasteiger partial charge in [-0.1, -0.05) is 19.8 Å². The Morgan fingerprint density at radius 3 is 2.73 bits per heavy atom. The molecular formula is C23H27NO5S. The number of hydrogen-bond acceptors (Lipinski definition) is 7. The molecule has 0 unspecified atom stereocenters. The van der Waals surface area contributed by atoms with Crippen LogP contribution in [-0.2, 0) is 16.0 Å². The van der Waals surface area contributed by atoms with Gasteiger partial charge < -0.3 is 13.9 Å². The van der Waals surface area contributed by atoms with Gasteiger partial charge in [-0.15, -0.1) is 11.3 Å². The Morgan fingerprint density at radius 2 is 2.07 bits per heavy atom. The summed E-state index contributed by atoms with van der Waals surface area (Å²) in [6.07, 6.45) is 4.54. The molecule has 0 aliphatic heterocycles. The largest absolute Gasteiger partial charge is 0.479 e. The van der Waals surface area contributed by atoms with Crippen molar-refractivity contribution in [3.8, 4) is 16.3 Å². The topological polar surface area (TPSA) is 78.6 Å². The van der Waals surface area contributed by atoms with Crippen molar-refractivity contribution in [3.05, 3.63) is 45.3 Å². The first-order valence-corrected chi connectivity index (χ1v) is 11.2. The third-order valence-corrected chi connectivity index (χ3v) is 5.77. The van der Waals surface area contributed by atoms with Gasteiger partial charge >= 0.3 is 5.97 Å². The highest BCUT2D eigenvalue weighted by molar-refractivity contribution is 7.13. The molecule has 0 amide bonds. The van der Waals surface area contributed by atoms with E-state index in [-0.39, 0.29) is 5.43 Å². The highest BCUT2D eigenvalue weighted by Crippen LogP contribution is 2.30. The minimum atomic E-state index is -0.753. The van der Waals surface area contributed by atoms with Crippen molar-refractivity contribution in [2.45, 2.75) is 59.5 Å². The maximum Gasteiger partial charge on any atom is 0.347 e. The van der Waals surface area contributed by atoms with Crippen LogP contribution in [0.15, 0.2) is 33.0 Å². The lowest BCUT2D eigenvalue weighted by Gasteiger charge is -2.17. The fraction of sp³-hybridized carbons (Fsp3) is 0.435. The summed E-state index contributed by atoms with van der Waals surface area (Å²) < 4.78 is 16.7. The Balaban J connectivity index is 2.03. The number of ether oxygens (including phenoxy) is 2. The zero-order valence-electron chi connectivity index (χ0n) is 17.8. The molecule has 30 heavy (non-hydrogen) atoms. The van der Waals surface area contributed by atoms with Crippen molar-refractivity contribution in [3.63, 3.8) is 0 Å². The van der Waals surface area contributed by atoms with E-state index in [9.17, 15) is 9.59 Å². The van der Waals surface area contributed by atoms with Gasteiger partial charge in [-0.05, 0) is 45.2 Å². The third-order valence-electron chi connectivity index (χ3n) is 4.78. The number of unbranched alkanes of at least 4 members (excludes halogenated alkanes) is 2. The molecule has 0 bridgehead atoms. The van der Waals surface area contributed by atoms with Crippen LogP contribution in [0.5, 0.6) is 5.75 Å². The van der Waals surface area contributed by atoms with Gasteiger partial charge in [0.05, 0.1) is 17.6 Å². The molecular weight excluding hydrogens is 402 g/mol. The number of thiazole rings is 1. The number of benzene rings is 1. The summed E-state index contributed by atoms with van der Waals surface area (Å²) in [4.78, 5) is 29.6. The van der Waals surface area contributed by atoms with E-state index in [2.05, 4.69) is 11.9 Å². The first kappa shape index (κ1) is 22.0. The molecule has 6 nitrogen and oxygen atoms in total. The van der Waals surface area contributed by atoms with Crippen LogP contribution in [0, 0.1) is 6.92 Å². The Morgan fingerprint density at radius 1 is 1.27 bits per heavy atom. The average Bonchev–Trinajstić information content (AvgIpc) is 3.15. The van der Waals surface area contributed by atoms with Gasteiger partial charge in [-0.3, -0.25) is 4.79 Å². The monoisotopic (exact) mass is 429 g/mol. The SMILES string of the molecule is CCCCCc1cc2c(=O)c(-c3nc(C)cs3)coc2cc1O[C@@H](C)C(=O)OCC. The minimum absolute atomic E-state index is 0.118. The smallest absolute Gasteiger partial charge is 0.347 e. The standard InChI is InChI=1S/C23H27NO5S/c1-5-7-8-9-16-10-17-20(11-19(16)29-15(4)23(26)27-6-2)28-12-18(21(17)25)22-24-14(3)13-30-22/h10-13,15H,5-9H2,1-4H3/t15-/m0/s1. The lowest BCUT2D eigenvalue weighted by molar-refractivity contribution is -0.150. The molecule has 0 N–H and O–H groups in total. The van der Waals surface area contributed by atoms with E-state index in [0.29, 0.717) is 33.9 Å². The van der Waals surface area contributed by atoms with Gasteiger partial charge in [0.15, 0.2) is 6.10 Å². The van der Waals surface area contributed by atoms with Gasteiger partial charge in [0.25, 0.3) is 0 Å². The van der Waals surface area contributed by atoms with E-state index < -0.39 is 12.1 Å². The average molecular weight is 430 g/mol. The van der Waals surface area contributed by atoms with E-state index in [0.717, 1.165) is 36.9 Å². The van der Waals surface area contributed by atoms with Gasteiger partial charge in [-0.25, -0.2) is 9.78 Å². The van der Waals surface area contributed by atoms with Crippen LogP contribution in [-0.4, -0.2) is 23.7 Å². The second-order valence-electron chi connectivity index (χ2n) is 7.20. The first-order valence-electron chi connectivity index (χ1n) is 10.3. The lowest BCUT2D eigenvalue weighted by atomic mass is 10.0. The number of carbonyl (C=O) groups excluding carboxylic acids is 1. The molecule has 0 saturated heterocycles. The van der Waals surface area contributed by atoms with E-state index in [1.165, 1.54) is 17.6 Å². The van der Waals surface area contributed by atoms with E-state index >= 15 is 0 Å². The van der Waals surface area contributed by atoms with Crippen LogP contribution < -0.4 is 10.2 Å². The maximum atomic E-state index is 13.1. The molecule has 2 aromatic heterocycles. The van der Waals surface area contributed by atoms with Gasteiger partial charge in [0.1, 0.15) is 22.6 Å². The molecule has 0 saturated carbocycles. The predicted molar refractivity (Wildman–Crippen MR) is 118 cm³/mol. The fourth-order valence-electron chi connectivity index (χ4n) is 3.20. The third kappa shape index (κ3) is 4.90. The molecule has 3 aromatic rings. The number of fused-ring (bicyclic) bond motifs is 1. The van der Waals surface area contributed by atoms with E-state index in [1.54, 1.807) is 19.9 Å². The van der Waals surface area contributed by atoms with Crippen LogP contribution >= 0.6 is 11.3 Å². The summed E-state index contributed by atoms with van der Waals surface area (Å²) in [6, 6.07) is 3.53. The fourth-order valence-corrected chi connectivity index (χ4v) is 4.00. The molecule has 0 spiro atoms. The van der Waals surface area contributed by atoms with Crippen LogP contribution in [0.2, 0.25) is 0 Å². The van der Waals surface area contributed by atoms with Crippen LogP contribution in [0.3, 0.4) is 0 Å². The number of esters is 1. The summed E-state index contributed by atoms with van der Waals surface area (Å²) in [6.45, 7) is 7.73. The van der Waals surface area contributed by atoms with Crippen LogP contribution in [0.4, 0.5) is 0 Å². The molecule has 7 heteroatoms. The van der Waals surface area contributed by atoms with Crippen molar-refractivity contribution >= 4 is 28.3 Å². The van der Waals surface area contributed by atoms with E-state index in [4.69, 9.17) is 13.9 Å². The summed E-state index contributed by atoms with van der Waals surface area (Å²) in [5, 5.41) is 3.04. The van der Waals surface area contributed by atoms with Crippen molar-refractivity contribution < 1.29 is 18.7 Å². The Hall–Kier alpha value is -2.67. The highest BCUT2D eigenvalue weighted by Gasteiger charge is 2.20. The van der Waals surface area contributed by atoms with Gasteiger partial charge in [-0.2, -0.15) is 0 Å². The van der Waals surface area contributed by atoms with Crippen LogP contribution in [0.1, 0.15) is 51.3 Å². The molecule has 0 fully saturated rings. The van der Waals surface area contributed by atoms with Crippen molar-refractivity contribution in [1.82, 2.24) is 4.98 Å². The van der Waals surface area contributed by atoms with Gasteiger partial charge in [0.2, 0.25) is 5.43 Å². The Bertz CT molecular complexity index is 1080. The van der Waals surface area contributed by atoms with Crippen molar-refractivity contribution in [2.75, 3.05) is 6.61 Å². The number of hydrogen-bond donors (Lipinski definition) is 0.